The van der Waals surface area contributed by atoms with Crippen LogP contribution in [0.1, 0.15) is 24.0 Å². The summed E-state index contributed by atoms with van der Waals surface area (Å²) >= 11 is 0. The number of aromatic nitrogens is 2. The van der Waals surface area contributed by atoms with E-state index < -0.39 is 0 Å². The molecule has 1 aromatic carbocycles. The third-order valence-corrected chi connectivity index (χ3v) is 3.42. The highest BCUT2D eigenvalue weighted by Crippen LogP contribution is 2.24. The molecule has 0 N–H and O–H groups in total. The highest BCUT2D eigenvalue weighted by molar-refractivity contribution is 5.84. The van der Waals surface area contributed by atoms with E-state index in [0.717, 1.165) is 40.2 Å². The van der Waals surface area contributed by atoms with Gasteiger partial charge in [-0.25, -0.2) is 4.98 Å². The lowest BCUT2D eigenvalue weighted by molar-refractivity contribution is 0.304. The van der Waals surface area contributed by atoms with Gasteiger partial charge in [0.1, 0.15) is 17.9 Å². The Morgan fingerprint density at radius 3 is 2.57 bits per heavy atom. The molecule has 106 valence electrons. The zero-order chi connectivity index (χ0) is 14.7. The molecular formula is C18H18N2O. The Kier molecular flexibility index (Phi) is 3.82. The fraction of sp³-hybridized carbons (Fsp3) is 0.222. The number of rotatable bonds is 4. The molecule has 3 aromatic rings. The van der Waals surface area contributed by atoms with E-state index in [4.69, 9.17) is 4.74 Å². The molecule has 0 radical (unpaired) electrons. The molecule has 0 atom stereocenters. The average molecular weight is 278 g/mol. The summed E-state index contributed by atoms with van der Waals surface area (Å²) in [6.07, 6.45) is 0.933. The molecule has 0 aliphatic carbocycles. The summed E-state index contributed by atoms with van der Waals surface area (Å²) < 4.78 is 5.93. The van der Waals surface area contributed by atoms with Crippen molar-refractivity contribution in [2.75, 3.05) is 0 Å². The van der Waals surface area contributed by atoms with E-state index in [1.807, 2.05) is 49.4 Å². The predicted octanol–water partition coefficient (Wildman–Crippen LogP) is 4.08. The maximum atomic E-state index is 5.93. The van der Waals surface area contributed by atoms with Crippen LogP contribution in [0.3, 0.4) is 0 Å². The Hall–Kier alpha value is -2.42. The molecule has 0 fully saturated rings. The van der Waals surface area contributed by atoms with Crippen LogP contribution in [-0.2, 0) is 13.0 Å². The third kappa shape index (κ3) is 3.02. The molecule has 0 bridgehead atoms. The quantitative estimate of drug-likeness (QED) is 0.721. The number of fused-ring (bicyclic) bond motifs is 1. The highest BCUT2D eigenvalue weighted by atomic mass is 16.5. The average Bonchev–Trinajstić information content (AvgIpc) is 2.53. The first-order valence-electron chi connectivity index (χ1n) is 7.20. The molecule has 0 saturated heterocycles. The molecule has 0 amide bonds. The third-order valence-electron chi connectivity index (χ3n) is 3.42. The lowest BCUT2D eigenvalue weighted by Crippen LogP contribution is -2.01. The van der Waals surface area contributed by atoms with Crippen LogP contribution in [0.25, 0.3) is 10.9 Å². The summed E-state index contributed by atoms with van der Waals surface area (Å²) in [6.45, 7) is 4.55. The molecule has 0 unspecified atom stereocenters. The lowest BCUT2D eigenvalue weighted by atomic mass is 10.2. The van der Waals surface area contributed by atoms with Gasteiger partial charge in [-0.05, 0) is 37.6 Å². The molecule has 2 aromatic heterocycles. The molecule has 21 heavy (non-hydrogen) atoms. The van der Waals surface area contributed by atoms with Gasteiger partial charge < -0.3 is 4.74 Å². The first-order valence-corrected chi connectivity index (χ1v) is 7.20. The van der Waals surface area contributed by atoms with E-state index in [1.165, 1.54) is 0 Å². The summed E-state index contributed by atoms with van der Waals surface area (Å²) in [5.41, 5.74) is 3.93. The van der Waals surface area contributed by atoms with Gasteiger partial charge in [0.15, 0.2) is 0 Å². The monoisotopic (exact) mass is 278 g/mol. The van der Waals surface area contributed by atoms with Crippen molar-refractivity contribution in [1.29, 1.82) is 0 Å². The number of aryl methyl sites for hydroxylation is 2. The molecule has 0 aliphatic rings. The van der Waals surface area contributed by atoms with Gasteiger partial charge >= 0.3 is 0 Å². The Bertz CT molecular complexity index is 768. The van der Waals surface area contributed by atoms with Crippen molar-refractivity contribution in [2.24, 2.45) is 0 Å². The lowest BCUT2D eigenvalue weighted by Gasteiger charge is -2.09. The Morgan fingerprint density at radius 1 is 0.905 bits per heavy atom. The Balaban J connectivity index is 1.86. The second kappa shape index (κ2) is 5.92. The number of nitrogens with zero attached hydrogens (tertiary/aromatic N) is 2. The van der Waals surface area contributed by atoms with Gasteiger partial charge in [0.2, 0.25) is 0 Å². The van der Waals surface area contributed by atoms with Gasteiger partial charge in [0.05, 0.1) is 5.69 Å². The van der Waals surface area contributed by atoms with Crippen molar-refractivity contribution < 1.29 is 4.74 Å². The van der Waals surface area contributed by atoms with Crippen molar-refractivity contribution in [3.8, 4) is 5.75 Å². The van der Waals surface area contributed by atoms with Gasteiger partial charge in [0, 0.05) is 16.8 Å². The van der Waals surface area contributed by atoms with Crippen LogP contribution < -0.4 is 4.74 Å². The number of hydrogen-bond acceptors (Lipinski definition) is 3. The molecular weight excluding hydrogens is 260 g/mol. The summed E-state index contributed by atoms with van der Waals surface area (Å²) in [6, 6.07) is 16.1. The van der Waals surface area contributed by atoms with E-state index in [-0.39, 0.29) is 0 Å². The summed E-state index contributed by atoms with van der Waals surface area (Å²) in [4.78, 5) is 9.13. The molecule has 0 spiro atoms. The van der Waals surface area contributed by atoms with Crippen LogP contribution >= 0.6 is 0 Å². The van der Waals surface area contributed by atoms with Crippen LogP contribution in [0.15, 0.2) is 48.5 Å². The number of hydrogen-bond donors (Lipinski definition) is 0. The zero-order valence-electron chi connectivity index (χ0n) is 12.3. The van der Waals surface area contributed by atoms with Gasteiger partial charge in [-0.15, -0.1) is 0 Å². The summed E-state index contributed by atoms with van der Waals surface area (Å²) in [7, 11) is 0. The summed E-state index contributed by atoms with van der Waals surface area (Å²) in [5.74, 6) is 0.805. The Morgan fingerprint density at radius 2 is 1.71 bits per heavy atom. The van der Waals surface area contributed by atoms with E-state index in [9.17, 15) is 0 Å². The second-order valence-corrected chi connectivity index (χ2v) is 5.04. The van der Waals surface area contributed by atoms with Crippen molar-refractivity contribution in [2.45, 2.75) is 26.9 Å². The van der Waals surface area contributed by atoms with E-state index in [0.29, 0.717) is 6.61 Å². The van der Waals surface area contributed by atoms with Crippen molar-refractivity contribution in [1.82, 2.24) is 9.97 Å². The minimum atomic E-state index is 0.461. The first kappa shape index (κ1) is 13.6. The summed E-state index contributed by atoms with van der Waals surface area (Å²) in [5, 5.41) is 1.09. The SMILES string of the molecule is CCc1cccc(COc2cccc3ccc(C)nc23)n1. The number of pyridine rings is 2. The molecule has 3 heteroatoms. The predicted molar refractivity (Wildman–Crippen MR) is 84.4 cm³/mol. The number of ether oxygens (including phenoxy) is 1. The van der Waals surface area contributed by atoms with Crippen LogP contribution in [-0.4, -0.2) is 9.97 Å². The van der Waals surface area contributed by atoms with Crippen LogP contribution in [0, 0.1) is 6.92 Å². The minimum absolute atomic E-state index is 0.461. The highest BCUT2D eigenvalue weighted by Gasteiger charge is 2.05. The first-order chi connectivity index (χ1) is 10.3. The second-order valence-electron chi connectivity index (χ2n) is 5.04. The maximum Gasteiger partial charge on any atom is 0.146 e. The smallest absolute Gasteiger partial charge is 0.146 e. The number of benzene rings is 1. The standard InChI is InChI=1S/C18H18N2O/c1-3-15-7-5-8-16(20-15)12-21-17-9-4-6-14-11-10-13(2)19-18(14)17/h4-11H,3,12H2,1-2H3. The molecule has 0 saturated carbocycles. The topological polar surface area (TPSA) is 35.0 Å². The van der Waals surface area contributed by atoms with Gasteiger partial charge in [0.25, 0.3) is 0 Å². The van der Waals surface area contributed by atoms with Crippen molar-refractivity contribution in [3.63, 3.8) is 0 Å². The molecule has 0 aliphatic heterocycles. The van der Waals surface area contributed by atoms with E-state index in [2.05, 4.69) is 23.0 Å². The largest absolute Gasteiger partial charge is 0.485 e. The van der Waals surface area contributed by atoms with E-state index in [1.54, 1.807) is 0 Å². The van der Waals surface area contributed by atoms with Crippen molar-refractivity contribution >= 4 is 10.9 Å². The minimum Gasteiger partial charge on any atom is -0.485 e. The molecule has 2 heterocycles. The van der Waals surface area contributed by atoms with E-state index >= 15 is 0 Å². The fourth-order valence-electron chi connectivity index (χ4n) is 2.29. The van der Waals surface area contributed by atoms with Crippen LogP contribution in [0.5, 0.6) is 5.75 Å². The number of para-hydroxylation sites is 1. The fourth-order valence-corrected chi connectivity index (χ4v) is 2.29. The van der Waals surface area contributed by atoms with Gasteiger partial charge in [-0.3, -0.25) is 4.98 Å². The maximum absolute atomic E-state index is 5.93. The zero-order valence-corrected chi connectivity index (χ0v) is 12.3. The molecule has 3 nitrogen and oxygen atoms in total. The van der Waals surface area contributed by atoms with Gasteiger partial charge in [-0.2, -0.15) is 0 Å². The van der Waals surface area contributed by atoms with Crippen LogP contribution in [0.4, 0.5) is 0 Å². The Labute approximate surface area is 124 Å². The molecule has 3 rings (SSSR count). The normalized spacial score (nSPS) is 10.8. The van der Waals surface area contributed by atoms with Crippen molar-refractivity contribution in [3.05, 3.63) is 65.6 Å². The van der Waals surface area contributed by atoms with Crippen LogP contribution in [0.2, 0.25) is 0 Å². The van der Waals surface area contributed by atoms with Gasteiger partial charge in [-0.1, -0.05) is 31.2 Å².